The maximum Gasteiger partial charge on any atom is 0.243 e. The summed E-state index contributed by atoms with van der Waals surface area (Å²) in [5.74, 6) is 0.103. The predicted octanol–water partition coefficient (Wildman–Crippen LogP) is 3.23. The Balaban J connectivity index is 1.92. The third-order valence-corrected chi connectivity index (χ3v) is 6.51. The van der Waals surface area contributed by atoms with Gasteiger partial charge in [0.25, 0.3) is 0 Å². The Kier molecular flexibility index (Phi) is 5.76. The lowest BCUT2D eigenvalue weighted by Crippen LogP contribution is -2.40. The highest BCUT2D eigenvalue weighted by Gasteiger charge is 2.26. The second-order valence-corrected chi connectivity index (χ2v) is 8.78. The van der Waals surface area contributed by atoms with Crippen molar-refractivity contribution < 1.29 is 18.3 Å². The summed E-state index contributed by atoms with van der Waals surface area (Å²) < 4.78 is 33.1. The number of rotatable bonds is 4. The average molecular weight is 439 g/mol. The number of morpholine rings is 1. The zero-order valence-electron chi connectivity index (χ0n) is 14.2. The molecule has 138 valence electrons. The number of halogens is 1. The fourth-order valence-corrected chi connectivity index (χ4v) is 4.40. The van der Waals surface area contributed by atoms with Crippen molar-refractivity contribution in [2.45, 2.75) is 11.8 Å². The first-order valence-corrected chi connectivity index (χ1v) is 10.3. The van der Waals surface area contributed by atoms with E-state index >= 15 is 0 Å². The third-order valence-electron chi connectivity index (χ3n) is 4.12. The third kappa shape index (κ3) is 4.15. The van der Waals surface area contributed by atoms with Gasteiger partial charge in [0.15, 0.2) is 0 Å². The zero-order chi connectivity index (χ0) is 18.7. The number of aryl methyl sites for hydroxylation is 1. The normalized spacial score (nSPS) is 16.2. The van der Waals surface area contributed by atoms with Crippen LogP contribution in [-0.2, 0) is 14.8 Å². The first-order valence-electron chi connectivity index (χ1n) is 8.09. The molecule has 1 aliphatic heterocycles. The van der Waals surface area contributed by atoms with Crippen molar-refractivity contribution in [3.8, 4) is 5.75 Å². The van der Waals surface area contributed by atoms with E-state index in [1.54, 1.807) is 36.4 Å². The highest BCUT2D eigenvalue weighted by Crippen LogP contribution is 2.27. The van der Waals surface area contributed by atoms with Gasteiger partial charge in [-0.2, -0.15) is 4.31 Å². The monoisotopic (exact) mass is 438 g/mol. The molecule has 0 aromatic heterocycles. The molecule has 1 heterocycles. The topological polar surface area (TPSA) is 79.2 Å². The highest BCUT2D eigenvalue weighted by molar-refractivity contribution is 9.10. The summed E-state index contributed by atoms with van der Waals surface area (Å²) in [4.78, 5) is 4.59. The van der Waals surface area contributed by atoms with Crippen LogP contribution in [0.4, 0.5) is 5.69 Å². The molecule has 1 aliphatic rings. The van der Waals surface area contributed by atoms with Gasteiger partial charge in [0.1, 0.15) is 5.75 Å². The maximum absolute atomic E-state index is 12.8. The van der Waals surface area contributed by atoms with Crippen molar-refractivity contribution >= 4 is 37.9 Å². The lowest BCUT2D eigenvalue weighted by molar-refractivity contribution is 0.0730. The van der Waals surface area contributed by atoms with Crippen LogP contribution in [0.3, 0.4) is 0 Å². The van der Waals surface area contributed by atoms with Gasteiger partial charge in [-0.25, -0.2) is 8.42 Å². The molecular formula is C18H19BrN2O4S. The lowest BCUT2D eigenvalue weighted by atomic mass is 10.2. The Bertz CT molecular complexity index is 938. The van der Waals surface area contributed by atoms with Gasteiger partial charge in [0, 0.05) is 29.3 Å². The van der Waals surface area contributed by atoms with E-state index in [2.05, 4.69) is 20.9 Å². The molecule has 0 radical (unpaired) electrons. The average Bonchev–Trinajstić information content (AvgIpc) is 2.64. The minimum Gasteiger partial charge on any atom is -0.507 e. The number of aliphatic imine (C=N–C) groups is 1. The van der Waals surface area contributed by atoms with Crippen molar-refractivity contribution in [3.05, 3.63) is 52.0 Å². The fraction of sp³-hybridized carbons (Fsp3) is 0.278. The van der Waals surface area contributed by atoms with Crippen molar-refractivity contribution in [1.82, 2.24) is 4.31 Å². The summed E-state index contributed by atoms with van der Waals surface area (Å²) in [6.45, 7) is 3.36. The van der Waals surface area contributed by atoms with E-state index < -0.39 is 10.0 Å². The number of phenolic OH excluding ortho intramolecular Hbond substituents is 1. The van der Waals surface area contributed by atoms with E-state index in [1.807, 2.05) is 6.92 Å². The van der Waals surface area contributed by atoms with Crippen LogP contribution in [-0.4, -0.2) is 50.3 Å². The summed E-state index contributed by atoms with van der Waals surface area (Å²) in [5, 5.41) is 9.91. The summed E-state index contributed by atoms with van der Waals surface area (Å²) in [6, 6.07) is 9.93. The molecular weight excluding hydrogens is 420 g/mol. The molecule has 0 saturated carbocycles. The van der Waals surface area contributed by atoms with Gasteiger partial charge >= 0.3 is 0 Å². The van der Waals surface area contributed by atoms with E-state index in [-0.39, 0.29) is 10.6 Å². The molecule has 3 rings (SSSR count). The zero-order valence-corrected chi connectivity index (χ0v) is 16.6. The molecule has 0 unspecified atom stereocenters. The second kappa shape index (κ2) is 7.87. The molecule has 0 bridgehead atoms. The number of phenols is 1. The Morgan fingerprint density at radius 3 is 2.65 bits per heavy atom. The van der Waals surface area contributed by atoms with Gasteiger partial charge in [-0.1, -0.05) is 22.0 Å². The Morgan fingerprint density at radius 2 is 1.92 bits per heavy atom. The van der Waals surface area contributed by atoms with Crippen molar-refractivity contribution in [2.24, 2.45) is 4.99 Å². The predicted molar refractivity (Wildman–Crippen MR) is 104 cm³/mol. The minimum atomic E-state index is -3.58. The van der Waals surface area contributed by atoms with Gasteiger partial charge in [-0.15, -0.1) is 0 Å². The Labute approximate surface area is 161 Å². The number of nitrogens with zero attached hydrogens (tertiary/aromatic N) is 2. The molecule has 26 heavy (non-hydrogen) atoms. The number of ether oxygens (including phenoxy) is 1. The van der Waals surface area contributed by atoms with Crippen LogP contribution in [0, 0.1) is 6.92 Å². The standard InChI is InChI=1S/C18H19BrN2O4S/c1-13-2-4-16(26(23,24)21-6-8-25-9-7-21)11-17(13)20-12-14-10-15(19)3-5-18(14)22/h2-5,10-12,22H,6-9H2,1H3. The second-order valence-electron chi connectivity index (χ2n) is 5.93. The molecule has 0 atom stereocenters. The van der Waals surface area contributed by atoms with Crippen LogP contribution in [0.2, 0.25) is 0 Å². The molecule has 6 nitrogen and oxygen atoms in total. The van der Waals surface area contributed by atoms with Crippen molar-refractivity contribution in [2.75, 3.05) is 26.3 Å². The van der Waals surface area contributed by atoms with Crippen molar-refractivity contribution in [1.29, 1.82) is 0 Å². The van der Waals surface area contributed by atoms with Gasteiger partial charge < -0.3 is 9.84 Å². The van der Waals surface area contributed by atoms with Crippen LogP contribution in [0.1, 0.15) is 11.1 Å². The lowest BCUT2D eigenvalue weighted by Gasteiger charge is -2.26. The maximum atomic E-state index is 12.8. The van der Waals surface area contributed by atoms with Gasteiger partial charge in [-0.05, 0) is 42.8 Å². The van der Waals surface area contributed by atoms with E-state index in [0.717, 1.165) is 10.0 Å². The number of hydrogen-bond acceptors (Lipinski definition) is 5. The molecule has 1 N–H and O–H groups in total. The summed E-state index contributed by atoms with van der Waals surface area (Å²) in [5.41, 5.74) is 1.93. The van der Waals surface area contributed by atoms with Crippen LogP contribution in [0.5, 0.6) is 5.75 Å². The summed E-state index contributed by atoms with van der Waals surface area (Å²) >= 11 is 3.35. The highest BCUT2D eigenvalue weighted by atomic mass is 79.9. The van der Waals surface area contributed by atoms with Gasteiger partial charge in [-0.3, -0.25) is 4.99 Å². The van der Waals surface area contributed by atoms with Crippen LogP contribution >= 0.6 is 15.9 Å². The number of hydrogen-bond donors (Lipinski definition) is 1. The molecule has 8 heteroatoms. The number of sulfonamides is 1. The number of benzene rings is 2. The Morgan fingerprint density at radius 1 is 1.19 bits per heavy atom. The van der Waals surface area contributed by atoms with E-state index in [4.69, 9.17) is 4.74 Å². The molecule has 0 aliphatic carbocycles. The molecule has 2 aromatic rings. The van der Waals surface area contributed by atoms with E-state index in [9.17, 15) is 13.5 Å². The van der Waals surface area contributed by atoms with Crippen LogP contribution in [0.25, 0.3) is 0 Å². The molecule has 0 amide bonds. The molecule has 1 fully saturated rings. The summed E-state index contributed by atoms with van der Waals surface area (Å²) in [7, 11) is -3.58. The van der Waals surface area contributed by atoms with Crippen LogP contribution in [0.15, 0.2) is 50.8 Å². The van der Waals surface area contributed by atoms with Gasteiger partial charge in [0.2, 0.25) is 10.0 Å². The molecule has 1 saturated heterocycles. The largest absolute Gasteiger partial charge is 0.507 e. The first-order chi connectivity index (χ1) is 12.4. The quantitative estimate of drug-likeness (QED) is 0.742. The van der Waals surface area contributed by atoms with Crippen molar-refractivity contribution in [3.63, 3.8) is 0 Å². The first kappa shape index (κ1) is 19.0. The Hall–Kier alpha value is -1.74. The minimum absolute atomic E-state index is 0.103. The van der Waals surface area contributed by atoms with Gasteiger partial charge in [0.05, 0.1) is 23.8 Å². The fourth-order valence-electron chi connectivity index (χ4n) is 2.59. The molecule has 2 aromatic carbocycles. The van der Waals surface area contributed by atoms with E-state index in [0.29, 0.717) is 37.6 Å². The van der Waals surface area contributed by atoms with Crippen LogP contribution < -0.4 is 0 Å². The number of aromatic hydroxyl groups is 1. The smallest absolute Gasteiger partial charge is 0.243 e. The molecule has 0 spiro atoms. The van der Waals surface area contributed by atoms with E-state index in [1.165, 1.54) is 10.5 Å². The summed E-state index contributed by atoms with van der Waals surface area (Å²) in [6.07, 6.45) is 1.52. The SMILES string of the molecule is Cc1ccc(S(=O)(=O)N2CCOCC2)cc1N=Cc1cc(Br)ccc1O.